The van der Waals surface area contributed by atoms with Gasteiger partial charge in [0, 0.05) is 6.04 Å². The quantitative estimate of drug-likeness (QED) is 0.838. The zero-order valence-electron chi connectivity index (χ0n) is 12.8. The molecule has 1 heterocycles. The highest BCUT2D eigenvalue weighted by molar-refractivity contribution is 5.27. The van der Waals surface area contributed by atoms with Crippen LogP contribution < -0.4 is 5.32 Å². The summed E-state index contributed by atoms with van der Waals surface area (Å²) in [4.78, 5) is 2.54. The summed E-state index contributed by atoms with van der Waals surface area (Å²) in [6.45, 7) is 9.25. The largest absolute Gasteiger partial charge is 0.508 e. The van der Waals surface area contributed by atoms with Gasteiger partial charge in [0.05, 0.1) is 0 Å². The van der Waals surface area contributed by atoms with Crippen LogP contribution in [-0.4, -0.2) is 36.2 Å². The molecule has 1 aromatic carbocycles. The number of nitrogens with one attached hydrogen (secondary N) is 1. The van der Waals surface area contributed by atoms with Crippen molar-refractivity contribution >= 4 is 0 Å². The first-order valence-corrected chi connectivity index (χ1v) is 7.97. The Balaban J connectivity index is 1.81. The Labute approximate surface area is 123 Å². The first-order chi connectivity index (χ1) is 9.72. The highest BCUT2D eigenvalue weighted by Crippen LogP contribution is 2.21. The van der Waals surface area contributed by atoms with Crippen LogP contribution in [0, 0.1) is 5.92 Å². The molecule has 1 saturated heterocycles. The van der Waals surface area contributed by atoms with E-state index in [4.69, 9.17) is 0 Å². The highest BCUT2D eigenvalue weighted by Gasteiger charge is 2.19. The molecule has 3 heteroatoms. The molecule has 0 aliphatic carbocycles. The molecule has 1 atom stereocenters. The van der Waals surface area contributed by atoms with Crippen molar-refractivity contribution < 1.29 is 5.11 Å². The number of rotatable bonds is 6. The summed E-state index contributed by atoms with van der Waals surface area (Å²) in [5.41, 5.74) is 1.27. The molecule has 0 spiro atoms. The second kappa shape index (κ2) is 7.65. The predicted molar refractivity (Wildman–Crippen MR) is 84.0 cm³/mol. The lowest BCUT2D eigenvalue weighted by Gasteiger charge is -2.32. The van der Waals surface area contributed by atoms with Crippen molar-refractivity contribution in [2.75, 3.05) is 26.2 Å². The van der Waals surface area contributed by atoms with Gasteiger partial charge in [-0.3, -0.25) is 0 Å². The van der Waals surface area contributed by atoms with Gasteiger partial charge in [-0.15, -0.1) is 0 Å². The summed E-state index contributed by atoms with van der Waals surface area (Å²) >= 11 is 0. The van der Waals surface area contributed by atoms with E-state index in [-0.39, 0.29) is 0 Å². The Kier molecular flexibility index (Phi) is 5.86. The maximum atomic E-state index is 9.37. The lowest BCUT2D eigenvalue weighted by Crippen LogP contribution is -2.37. The summed E-state index contributed by atoms with van der Waals surface area (Å²) < 4.78 is 0. The van der Waals surface area contributed by atoms with Gasteiger partial charge in [0.2, 0.25) is 0 Å². The van der Waals surface area contributed by atoms with E-state index in [2.05, 4.69) is 24.1 Å². The third-order valence-corrected chi connectivity index (χ3v) is 4.51. The smallest absolute Gasteiger partial charge is 0.115 e. The molecule has 2 N–H and O–H groups in total. The van der Waals surface area contributed by atoms with Crippen LogP contribution in [0.15, 0.2) is 24.3 Å². The first kappa shape index (κ1) is 15.3. The Morgan fingerprint density at radius 3 is 2.40 bits per heavy atom. The minimum Gasteiger partial charge on any atom is -0.508 e. The molecule has 1 aromatic rings. The van der Waals surface area contributed by atoms with Crippen molar-refractivity contribution in [2.24, 2.45) is 5.92 Å². The summed E-state index contributed by atoms with van der Waals surface area (Å²) in [5, 5.41) is 13.1. The fourth-order valence-corrected chi connectivity index (χ4v) is 3.02. The molecule has 3 nitrogen and oxygen atoms in total. The molecule has 1 aliphatic heterocycles. The normalized spacial score (nSPS) is 19.1. The molecular formula is C17H28N2O. The summed E-state index contributed by atoms with van der Waals surface area (Å²) in [5.74, 6) is 1.15. The molecular weight excluding hydrogens is 248 g/mol. The van der Waals surface area contributed by atoms with E-state index in [1.54, 1.807) is 12.1 Å². The summed E-state index contributed by atoms with van der Waals surface area (Å²) in [6, 6.07) is 8.00. The predicted octanol–water partition coefficient (Wildman–Crippen LogP) is 3.16. The Hall–Kier alpha value is -1.06. The van der Waals surface area contributed by atoms with E-state index < -0.39 is 0 Å². The molecule has 0 saturated carbocycles. The fraction of sp³-hybridized carbons (Fsp3) is 0.647. The number of piperidine rings is 1. The van der Waals surface area contributed by atoms with E-state index in [9.17, 15) is 5.11 Å². The highest BCUT2D eigenvalue weighted by atomic mass is 16.3. The molecule has 1 aliphatic rings. The third-order valence-electron chi connectivity index (χ3n) is 4.51. The number of hydrogen-bond acceptors (Lipinski definition) is 3. The molecule has 20 heavy (non-hydrogen) atoms. The number of nitrogens with zero attached hydrogens (tertiary/aromatic N) is 1. The van der Waals surface area contributed by atoms with E-state index in [1.165, 1.54) is 38.0 Å². The van der Waals surface area contributed by atoms with Crippen LogP contribution in [0.25, 0.3) is 0 Å². The number of benzene rings is 1. The van der Waals surface area contributed by atoms with Gasteiger partial charge in [-0.1, -0.05) is 26.0 Å². The van der Waals surface area contributed by atoms with Crippen molar-refractivity contribution in [1.29, 1.82) is 0 Å². The number of phenolic OH excluding ortho intramolecular Hbond substituents is 1. The van der Waals surface area contributed by atoms with Crippen LogP contribution in [0.3, 0.4) is 0 Å². The van der Waals surface area contributed by atoms with Gasteiger partial charge in [-0.05, 0) is 69.1 Å². The van der Waals surface area contributed by atoms with E-state index >= 15 is 0 Å². The standard InChI is InChI=1S/C17H28N2O/c1-3-17(15-5-7-16(20)8-6-15)18-13-14-9-11-19(4-2)12-10-14/h5-8,14,17-18,20H,3-4,9-13H2,1-2H3. The van der Waals surface area contributed by atoms with Gasteiger partial charge < -0.3 is 15.3 Å². The Morgan fingerprint density at radius 1 is 1.20 bits per heavy atom. The molecule has 1 unspecified atom stereocenters. The second-order valence-electron chi connectivity index (χ2n) is 5.84. The van der Waals surface area contributed by atoms with Crippen molar-refractivity contribution in [3.05, 3.63) is 29.8 Å². The second-order valence-corrected chi connectivity index (χ2v) is 5.84. The van der Waals surface area contributed by atoms with Gasteiger partial charge in [-0.2, -0.15) is 0 Å². The lowest BCUT2D eigenvalue weighted by atomic mass is 9.95. The van der Waals surface area contributed by atoms with Gasteiger partial charge >= 0.3 is 0 Å². The topological polar surface area (TPSA) is 35.5 Å². The lowest BCUT2D eigenvalue weighted by molar-refractivity contribution is 0.187. The van der Waals surface area contributed by atoms with Gasteiger partial charge in [0.15, 0.2) is 0 Å². The number of phenols is 1. The molecule has 0 aromatic heterocycles. The van der Waals surface area contributed by atoms with Gasteiger partial charge in [-0.25, -0.2) is 0 Å². The summed E-state index contributed by atoms with van der Waals surface area (Å²) in [6.07, 6.45) is 3.71. The van der Waals surface area contributed by atoms with Crippen LogP contribution in [0.4, 0.5) is 0 Å². The van der Waals surface area contributed by atoms with Gasteiger partial charge in [0.25, 0.3) is 0 Å². The minimum atomic E-state index is 0.343. The molecule has 2 rings (SSSR count). The van der Waals surface area contributed by atoms with Crippen molar-refractivity contribution in [1.82, 2.24) is 10.2 Å². The molecule has 112 valence electrons. The maximum absolute atomic E-state index is 9.37. The van der Waals surface area contributed by atoms with Crippen LogP contribution in [0.1, 0.15) is 44.7 Å². The van der Waals surface area contributed by atoms with Crippen molar-refractivity contribution in [2.45, 2.75) is 39.2 Å². The average Bonchev–Trinajstić information content (AvgIpc) is 2.50. The molecule has 0 radical (unpaired) electrons. The Bertz CT molecular complexity index is 382. The van der Waals surface area contributed by atoms with Crippen LogP contribution >= 0.6 is 0 Å². The third kappa shape index (κ3) is 4.22. The van der Waals surface area contributed by atoms with E-state index in [1.807, 2.05) is 12.1 Å². The molecule has 1 fully saturated rings. The van der Waals surface area contributed by atoms with Crippen LogP contribution in [-0.2, 0) is 0 Å². The zero-order valence-corrected chi connectivity index (χ0v) is 12.8. The number of aromatic hydroxyl groups is 1. The fourth-order valence-electron chi connectivity index (χ4n) is 3.02. The van der Waals surface area contributed by atoms with Crippen LogP contribution in [0.5, 0.6) is 5.75 Å². The number of hydrogen-bond donors (Lipinski definition) is 2. The average molecular weight is 276 g/mol. The van der Waals surface area contributed by atoms with E-state index in [0.717, 1.165) is 18.9 Å². The van der Waals surface area contributed by atoms with Crippen LogP contribution in [0.2, 0.25) is 0 Å². The maximum Gasteiger partial charge on any atom is 0.115 e. The summed E-state index contributed by atoms with van der Waals surface area (Å²) in [7, 11) is 0. The van der Waals surface area contributed by atoms with E-state index in [0.29, 0.717) is 11.8 Å². The Morgan fingerprint density at radius 2 is 1.85 bits per heavy atom. The minimum absolute atomic E-state index is 0.343. The SMILES string of the molecule is CCC(NCC1CCN(CC)CC1)c1ccc(O)cc1. The zero-order chi connectivity index (χ0) is 14.4. The van der Waals surface area contributed by atoms with Crippen molar-refractivity contribution in [3.8, 4) is 5.75 Å². The molecule has 0 amide bonds. The monoisotopic (exact) mass is 276 g/mol. The molecule has 0 bridgehead atoms. The van der Waals surface area contributed by atoms with Gasteiger partial charge in [0.1, 0.15) is 5.75 Å². The van der Waals surface area contributed by atoms with Crippen molar-refractivity contribution in [3.63, 3.8) is 0 Å². The number of likely N-dealkylation sites (tertiary alicyclic amines) is 1. The first-order valence-electron chi connectivity index (χ1n) is 7.97.